The first kappa shape index (κ1) is 19.1. The van der Waals surface area contributed by atoms with Crippen LogP contribution in [-0.2, 0) is 0 Å². The number of unbranched alkanes of at least 4 members (excludes halogenated alkanes) is 1. The van der Waals surface area contributed by atoms with Gasteiger partial charge in [0.15, 0.2) is 5.22 Å². The zero-order valence-corrected chi connectivity index (χ0v) is 13.6. The molecular formula is C13H23Cl3N2O. The Morgan fingerprint density at radius 3 is 2.53 bits per heavy atom. The van der Waals surface area contributed by atoms with Crippen LogP contribution in [0, 0.1) is 0 Å². The molecule has 2 rings (SSSR count). The van der Waals surface area contributed by atoms with Crippen LogP contribution < -0.4 is 5.32 Å². The van der Waals surface area contributed by atoms with Gasteiger partial charge in [-0.3, -0.25) is 4.90 Å². The van der Waals surface area contributed by atoms with Crippen molar-refractivity contribution in [2.75, 3.05) is 26.2 Å². The van der Waals surface area contributed by atoms with Gasteiger partial charge < -0.3 is 9.73 Å². The maximum Gasteiger partial charge on any atom is 0.193 e. The second-order valence-corrected chi connectivity index (χ2v) is 4.96. The molecular weight excluding hydrogens is 307 g/mol. The summed E-state index contributed by atoms with van der Waals surface area (Å²) in [7, 11) is 0. The van der Waals surface area contributed by atoms with Crippen molar-refractivity contribution in [1.82, 2.24) is 10.2 Å². The Morgan fingerprint density at radius 2 is 2.00 bits per heavy atom. The van der Waals surface area contributed by atoms with E-state index in [2.05, 4.69) is 17.1 Å². The predicted octanol–water partition coefficient (Wildman–Crippen LogP) is 3.91. The summed E-state index contributed by atoms with van der Waals surface area (Å²) in [4.78, 5) is 2.50. The summed E-state index contributed by atoms with van der Waals surface area (Å²) in [5.41, 5.74) is 0. The lowest BCUT2D eigenvalue weighted by Crippen LogP contribution is -2.45. The van der Waals surface area contributed by atoms with Crippen molar-refractivity contribution < 1.29 is 4.42 Å². The molecule has 0 aliphatic carbocycles. The molecule has 0 aromatic carbocycles. The molecule has 1 aliphatic rings. The second-order valence-electron chi connectivity index (χ2n) is 4.59. The van der Waals surface area contributed by atoms with Gasteiger partial charge in [-0.1, -0.05) is 19.8 Å². The molecule has 1 aromatic rings. The molecule has 1 N–H and O–H groups in total. The highest BCUT2D eigenvalue weighted by molar-refractivity contribution is 6.28. The van der Waals surface area contributed by atoms with Crippen molar-refractivity contribution in [2.45, 2.75) is 32.2 Å². The fraction of sp³-hybridized carbons (Fsp3) is 0.692. The van der Waals surface area contributed by atoms with E-state index in [0.29, 0.717) is 11.3 Å². The first-order chi connectivity index (χ1) is 8.31. The van der Waals surface area contributed by atoms with Crippen LogP contribution in [0.1, 0.15) is 38.0 Å². The first-order valence-electron chi connectivity index (χ1n) is 6.51. The van der Waals surface area contributed by atoms with Gasteiger partial charge in [0.2, 0.25) is 0 Å². The van der Waals surface area contributed by atoms with Crippen molar-refractivity contribution in [3.8, 4) is 0 Å². The third-order valence-corrected chi connectivity index (χ3v) is 3.55. The lowest BCUT2D eigenvalue weighted by molar-refractivity contribution is 0.144. The Bertz CT molecular complexity index is 340. The summed E-state index contributed by atoms with van der Waals surface area (Å²) >= 11 is 5.88. The van der Waals surface area contributed by atoms with Crippen LogP contribution in [0.25, 0.3) is 0 Å². The zero-order valence-electron chi connectivity index (χ0n) is 11.2. The maximum atomic E-state index is 5.88. The van der Waals surface area contributed by atoms with Crippen LogP contribution in [0.4, 0.5) is 0 Å². The number of hydrogen-bond acceptors (Lipinski definition) is 3. The van der Waals surface area contributed by atoms with E-state index in [9.17, 15) is 0 Å². The van der Waals surface area contributed by atoms with Gasteiger partial charge in [-0.05, 0) is 30.2 Å². The Labute approximate surface area is 132 Å². The minimum Gasteiger partial charge on any atom is -0.448 e. The highest BCUT2D eigenvalue weighted by Crippen LogP contribution is 2.29. The fourth-order valence-corrected chi connectivity index (χ4v) is 2.56. The Morgan fingerprint density at radius 1 is 1.32 bits per heavy atom. The fourth-order valence-electron chi connectivity index (χ4n) is 2.40. The standard InChI is InChI=1S/C13H21ClN2O.2ClH/c1-2-3-4-11(12-5-6-13(14)17-12)16-9-7-15-8-10-16;;/h5-6,11,15H,2-4,7-10H2,1H3;2*1H/t11-;;/m1../s1. The van der Waals surface area contributed by atoms with E-state index >= 15 is 0 Å². The zero-order chi connectivity index (χ0) is 12.1. The molecule has 2 heterocycles. The molecule has 0 unspecified atom stereocenters. The van der Waals surface area contributed by atoms with Gasteiger partial charge in [0.25, 0.3) is 0 Å². The second kappa shape index (κ2) is 9.89. The molecule has 0 amide bonds. The van der Waals surface area contributed by atoms with Crippen LogP contribution in [0.2, 0.25) is 5.22 Å². The van der Waals surface area contributed by atoms with E-state index in [1.165, 1.54) is 12.8 Å². The van der Waals surface area contributed by atoms with Crippen LogP contribution >= 0.6 is 36.4 Å². The smallest absolute Gasteiger partial charge is 0.193 e. The van der Waals surface area contributed by atoms with E-state index in [1.807, 2.05) is 12.1 Å². The molecule has 1 aromatic heterocycles. The molecule has 1 atom stereocenters. The third kappa shape index (κ3) is 5.52. The first-order valence-corrected chi connectivity index (χ1v) is 6.89. The van der Waals surface area contributed by atoms with Gasteiger partial charge in [0.1, 0.15) is 5.76 Å². The molecule has 19 heavy (non-hydrogen) atoms. The molecule has 0 bridgehead atoms. The molecule has 112 valence electrons. The minimum atomic E-state index is 0. The third-order valence-electron chi connectivity index (χ3n) is 3.35. The number of hydrogen-bond donors (Lipinski definition) is 1. The predicted molar refractivity (Wildman–Crippen MR) is 84.9 cm³/mol. The minimum absolute atomic E-state index is 0. The van der Waals surface area contributed by atoms with Crippen molar-refractivity contribution in [3.05, 3.63) is 23.1 Å². The van der Waals surface area contributed by atoms with E-state index in [-0.39, 0.29) is 24.8 Å². The highest BCUT2D eigenvalue weighted by atomic mass is 35.5. The van der Waals surface area contributed by atoms with Crippen LogP contribution in [0.5, 0.6) is 0 Å². The maximum absolute atomic E-state index is 5.88. The molecule has 0 radical (unpaired) electrons. The van der Waals surface area contributed by atoms with E-state index in [1.54, 1.807) is 0 Å². The number of furan rings is 1. The van der Waals surface area contributed by atoms with Crippen molar-refractivity contribution in [2.24, 2.45) is 0 Å². The summed E-state index contributed by atoms with van der Waals surface area (Å²) in [5.74, 6) is 1.02. The van der Waals surface area contributed by atoms with Crippen molar-refractivity contribution in [3.63, 3.8) is 0 Å². The Hall–Kier alpha value is 0.0700. The van der Waals surface area contributed by atoms with Crippen molar-refractivity contribution >= 4 is 36.4 Å². The summed E-state index contributed by atoms with van der Waals surface area (Å²) in [6.07, 6.45) is 3.60. The number of piperazine rings is 1. The van der Waals surface area contributed by atoms with Gasteiger partial charge in [0.05, 0.1) is 6.04 Å². The monoisotopic (exact) mass is 328 g/mol. The molecule has 1 fully saturated rings. The number of nitrogens with one attached hydrogen (secondary N) is 1. The van der Waals surface area contributed by atoms with E-state index < -0.39 is 0 Å². The van der Waals surface area contributed by atoms with Gasteiger partial charge in [0, 0.05) is 26.2 Å². The molecule has 3 nitrogen and oxygen atoms in total. The van der Waals surface area contributed by atoms with Crippen LogP contribution in [-0.4, -0.2) is 31.1 Å². The highest BCUT2D eigenvalue weighted by Gasteiger charge is 2.24. The Balaban J connectivity index is 0.00000162. The van der Waals surface area contributed by atoms with Crippen LogP contribution in [0.3, 0.4) is 0 Å². The van der Waals surface area contributed by atoms with E-state index in [0.717, 1.165) is 38.4 Å². The molecule has 1 saturated heterocycles. The van der Waals surface area contributed by atoms with Gasteiger partial charge in [-0.15, -0.1) is 24.8 Å². The van der Waals surface area contributed by atoms with Gasteiger partial charge in [-0.2, -0.15) is 0 Å². The topological polar surface area (TPSA) is 28.4 Å². The number of nitrogens with zero attached hydrogens (tertiary/aromatic N) is 1. The quantitative estimate of drug-likeness (QED) is 0.887. The number of rotatable bonds is 5. The number of halogens is 3. The van der Waals surface area contributed by atoms with Gasteiger partial charge in [-0.25, -0.2) is 0 Å². The van der Waals surface area contributed by atoms with Gasteiger partial charge >= 0.3 is 0 Å². The average Bonchev–Trinajstić information content (AvgIpc) is 2.78. The molecule has 0 spiro atoms. The lowest BCUT2D eigenvalue weighted by atomic mass is 10.0. The molecule has 6 heteroatoms. The summed E-state index contributed by atoms with van der Waals surface area (Å²) in [6, 6.07) is 4.26. The SMILES string of the molecule is CCCC[C@H](c1ccc(Cl)o1)N1CCNCC1.Cl.Cl. The normalized spacial score (nSPS) is 17.4. The van der Waals surface area contributed by atoms with E-state index in [4.69, 9.17) is 16.0 Å². The summed E-state index contributed by atoms with van der Waals surface area (Å²) in [5, 5.41) is 3.88. The summed E-state index contributed by atoms with van der Waals surface area (Å²) in [6.45, 7) is 6.54. The van der Waals surface area contributed by atoms with Crippen molar-refractivity contribution in [1.29, 1.82) is 0 Å². The average molecular weight is 330 g/mol. The molecule has 0 saturated carbocycles. The lowest BCUT2D eigenvalue weighted by Gasteiger charge is -2.33. The largest absolute Gasteiger partial charge is 0.448 e. The summed E-state index contributed by atoms with van der Waals surface area (Å²) < 4.78 is 5.60. The Kier molecular flexibility index (Phi) is 9.93. The van der Waals surface area contributed by atoms with Crippen LogP contribution in [0.15, 0.2) is 16.5 Å². The molecule has 1 aliphatic heterocycles.